The maximum absolute atomic E-state index is 13.7. The quantitative estimate of drug-likeness (QED) is 0.847. The van der Waals surface area contributed by atoms with E-state index in [0.29, 0.717) is 16.9 Å². The molecule has 2 aromatic rings. The van der Waals surface area contributed by atoms with E-state index >= 15 is 0 Å². The van der Waals surface area contributed by atoms with Crippen molar-refractivity contribution in [1.82, 2.24) is 15.8 Å². The Balaban J connectivity index is 1.97. The molecule has 140 valence electrons. The van der Waals surface area contributed by atoms with Crippen molar-refractivity contribution >= 4 is 11.7 Å². The van der Waals surface area contributed by atoms with Crippen LogP contribution >= 0.6 is 0 Å². The summed E-state index contributed by atoms with van der Waals surface area (Å²) in [6, 6.07) is 4.36. The van der Waals surface area contributed by atoms with E-state index in [-0.39, 0.29) is 23.5 Å². The lowest BCUT2D eigenvalue weighted by Gasteiger charge is -2.24. The lowest BCUT2D eigenvalue weighted by atomic mass is 10.0. The number of hydrogen-bond acceptors (Lipinski definition) is 6. The number of methoxy groups -OCH3 is 1. The molecule has 2 N–H and O–H groups in total. The number of amides is 1. The first-order valence-corrected chi connectivity index (χ1v) is 8.53. The lowest BCUT2D eigenvalue weighted by molar-refractivity contribution is 0.0931. The van der Waals surface area contributed by atoms with E-state index < -0.39 is 5.82 Å². The predicted molar refractivity (Wildman–Crippen MR) is 96.1 cm³/mol. The van der Waals surface area contributed by atoms with Gasteiger partial charge in [0.25, 0.3) is 5.91 Å². The number of ether oxygens (including phenoxy) is 1. The average Bonchev–Trinajstić information content (AvgIpc) is 3.08. The Bertz CT molecular complexity index is 785. The molecule has 26 heavy (non-hydrogen) atoms. The van der Waals surface area contributed by atoms with Gasteiger partial charge in [-0.25, -0.2) is 4.39 Å². The molecule has 0 aliphatic carbocycles. The summed E-state index contributed by atoms with van der Waals surface area (Å²) in [4.78, 5) is 14.7. The third-order valence-corrected chi connectivity index (χ3v) is 4.37. The zero-order valence-electron chi connectivity index (χ0n) is 15.1. The van der Waals surface area contributed by atoms with E-state index in [1.807, 2.05) is 0 Å². The van der Waals surface area contributed by atoms with Crippen LogP contribution in [0.15, 0.2) is 22.7 Å². The number of hydrogen-bond donors (Lipinski definition) is 2. The normalized spacial score (nSPS) is 17.0. The Morgan fingerprint density at radius 1 is 1.46 bits per heavy atom. The zero-order valence-corrected chi connectivity index (χ0v) is 15.1. The van der Waals surface area contributed by atoms with Gasteiger partial charge >= 0.3 is 0 Å². The average molecular weight is 362 g/mol. The van der Waals surface area contributed by atoms with Gasteiger partial charge in [0.1, 0.15) is 5.56 Å². The summed E-state index contributed by atoms with van der Waals surface area (Å²) in [5, 5.41) is 10.3. The van der Waals surface area contributed by atoms with E-state index in [1.54, 1.807) is 19.0 Å². The Kier molecular flexibility index (Phi) is 5.41. The predicted octanol–water partition coefficient (Wildman–Crippen LogP) is 2.04. The van der Waals surface area contributed by atoms with Gasteiger partial charge in [-0.05, 0) is 37.6 Å². The first kappa shape index (κ1) is 18.2. The topological polar surface area (TPSA) is 79.6 Å². The van der Waals surface area contributed by atoms with Crippen LogP contribution in [0.3, 0.4) is 0 Å². The summed E-state index contributed by atoms with van der Waals surface area (Å²) < 4.78 is 24.2. The molecular weight excluding hydrogens is 339 g/mol. The summed E-state index contributed by atoms with van der Waals surface area (Å²) in [5.74, 6) is 0.0378. The zero-order chi connectivity index (χ0) is 18.7. The van der Waals surface area contributed by atoms with Crippen LogP contribution in [0, 0.1) is 5.82 Å². The number of aromatic nitrogens is 1. The third-order valence-electron chi connectivity index (χ3n) is 4.37. The SMILES string of the molecule is COc1cc(-c2onc(N(C)C)c2C(=O)N[C@@H]2CCCNC2)ccc1F. The van der Waals surface area contributed by atoms with Gasteiger partial charge < -0.3 is 24.8 Å². The molecule has 1 aliphatic rings. The van der Waals surface area contributed by atoms with Gasteiger partial charge in [0.05, 0.1) is 7.11 Å². The molecule has 3 rings (SSSR count). The number of halogens is 1. The van der Waals surface area contributed by atoms with Crippen molar-refractivity contribution in [1.29, 1.82) is 0 Å². The van der Waals surface area contributed by atoms with Gasteiger partial charge in [0.2, 0.25) is 0 Å². The summed E-state index contributed by atoms with van der Waals surface area (Å²) in [6.45, 7) is 1.69. The van der Waals surface area contributed by atoms with Crippen LogP contribution in [0.1, 0.15) is 23.2 Å². The van der Waals surface area contributed by atoms with Crippen LogP contribution in [-0.4, -0.2) is 51.4 Å². The minimum absolute atomic E-state index is 0.0526. The Morgan fingerprint density at radius 3 is 2.92 bits per heavy atom. The molecule has 8 heteroatoms. The van der Waals surface area contributed by atoms with Crippen LogP contribution < -0.4 is 20.3 Å². The molecule has 1 aliphatic heterocycles. The highest BCUT2D eigenvalue weighted by Crippen LogP contribution is 2.33. The second kappa shape index (κ2) is 7.74. The number of nitrogens with one attached hydrogen (secondary N) is 2. The third kappa shape index (κ3) is 3.65. The van der Waals surface area contributed by atoms with Gasteiger partial charge in [-0.2, -0.15) is 0 Å². The number of nitrogens with zero attached hydrogens (tertiary/aromatic N) is 2. The Labute approximate surface area is 151 Å². The van der Waals surface area contributed by atoms with Gasteiger partial charge in [-0.15, -0.1) is 0 Å². The fourth-order valence-electron chi connectivity index (χ4n) is 3.02. The molecule has 0 radical (unpaired) electrons. The van der Waals surface area contributed by atoms with Crippen LogP contribution in [-0.2, 0) is 0 Å². The van der Waals surface area contributed by atoms with Crippen molar-refractivity contribution in [3.05, 3.63) is 29.6 Å². The van der Waals surface area contributed by atoms with E-state index in [2.05, 4.69) is 15.8 Å². The number of carbonyl (C=O) groups is 1. The molecule has 1 saturated heterocycles. The molecule has 7 nitrogen and oxygen atoms in total. The Morgan fingerprint density at radius 2 is 2.27 bits per heavy atom. The van der Waals surface area contributed by atoms with Crippen molar-refractivity contribution in [2.24, 2.45) is 0 Å². The molecule has 0 unspecified atom stereocenters. The van der Waals surface area contributed by atoms with Crippen LogP contribution in [0.4, 0.5) is 10.2 Å². The van der Waals surface area contributed by atoms with Gasteiger partial charge in [-0.3, -0.25) is 4.79 Å². The minimum Gasteiger partial charge on any atom is -0.494 e. The molecule has 1 aromatic carbocycles. The van der Waals surface area contributed by atoms with Crippen molar-refractivity contribution < 1.29 is 18.4 Å². The van der Waals surface area contributed by atoms with Crippen LogP contribution in [0.2, 0.25) is 0 Å². The molecule has 1 aromatic heterocycles. The monoisotopic (exact) mass is 362 g/mol. The molecule has 2 heterocycles. The summed E-state index contributed by atoms with van der Waals surface area (Å²) >= 11 is 0. The highest BCUT2D eigenvalue weighted by molar-refractivity contribution is 6.04. The molecule has 0 spiro atoms. The maximum atomic E-state index is 13.7. The second-order valence-electron chi connectivity index (χ2n) is 6.47. The number of piperidine rings is 1. The van der Waals surface area contributed by atoms with Crippen molar-refractivity contribution in [2.75, 3.05) is 39.2 Å². The minimum atomic E-state index is -0.483. The van der Waals surface area contributed by atoms with Crippen molar-refractivity contribution in [3.8, 4) is 17.1 Å². The number of carbonyl (C=O) groups excluding carboxylic acids is 1. The molecule has 1 atom stereocenters. The molecule has 0 bridgehead atoms. The van der Waals surface area contributed by atoms with Crippen LogP contribution in [0.25, 0.3) is 11.3 Å². The fourth-order valence-corrected chi connectivity index (χ4v) is 3.02. The van der Waals surface area contributed by atoms with Gasteiger partial charge in [0.15, 0.2) is 23.1 Å². The summed E-state index contributed by atoms with van der Waals surface area (Å²) in [6.07, 6.45) is 1.93. The van der Waals surface area contributed by atoms with Crippen LogP contribution in [0.5, 0.6) is 5.75 Å². The molecular formula is C18H23FN4O3. The summed E-state index contributed by atoms with van der Waals surface area (Å²) in [7, 11) is 4.95. The number of anilines is 1. The highest BCUT2D eigenvalue weighted by Gasteiger charge is 2.28. The largest absolute Gasteiger partial charge is 0.494 e. The standard InChI is InChI=1S/C18H23FN4O3/c1-23(2)17-15(18(24)21-12-5-4-8-20-10-12)16(26-22-17)11-6-7-13(19)14(9-11)25-3/h6-7,9,12,20H,4-5,8,10H2,1-3H3,(H,21,24)/t12-/m1/s1. The van der Waals surface area contributed by atoms with E-state index in [9.17, 15) is 9.18 Å². The fraction of sp³-hybridized carbons (Fsp3) is 0.444. The number of benzene rings is 1. The van der Waals surface area contributed by atoms with Gasteiger partial charge in [-0.1, -0.05) is 5.16 Å². The first-order chi connectivity index (χ1) is 12.5. The van der Waals surface area contributed by atoms with Crippen molar-refractivity contribution in [3.63, 3.8) is 0 Å². The van der Waals surface area contributed by atoms with Crippen molar-refractivity contribution in [2.45, 2.75) is 18.9 Å². The highest BCUT2D eigenvalue weighted by atomic mass is 19.1. The van der Waals surface area contributed by atoms with E-state index in [4.69, 9.17) is 9.26 Å². The molecule has 1 fully saturated rings. The smallest absolute Gasteiger partial charge is 0.259 e. The Hall–Kier alpha value is -2.61. The van der Waals surface area contributed by atoms with Gasteiger partial charge in [0, 0.05) is 32.2 Å². The lowest BCUT2D eigenvalue weighted by Crippen LogP contribution is -2.45. The maximum Gasteiger partial charge on any atom is 0.259 e. The number of rotatable bonds is 5. The molecule has 0 saturated carbocycles. The summed E-state index contributed by atoms with van der Waals surface area (Å²) in [5.41, 5.74) is 0.852. The molecule has 1 amide bonds. The van der Waals surface area contributed by atoms with E-state index in [0.717, 1.165) is 25.9 Å². The van der Waals surface area contributed by atoms with E-state index in [1.165, 1.54) is 25.3 Å². The second-order valence-corrected chi connectivity index (χ2v) is 6.47. The first-order valence-electron chi connectivity index (χ1n) is 8.53.